The number of aliphatic carboxylic acids is 1. The molecule has 1 saturated carbocycles. The standard InChI is InChI=1S/C26H37NO5/c1-17(2)21-9-11-22(12-10-21)24-27-23(18(3)32-24)16-30-14-19-7-6-8-20(13-19)15-31-26(4,5)25(28)29/h9-12,17,19-20H,6-8,13-16H2,1-5H3,(H,28,29). The molecule has 1 heterocycles. The fraction of sp³-hybridized carbons (Fsp3) is 0.615. The summed E-state index contributed by atoms with van der Waals surface area (Å²) >= 11 is 0. The van der Waals surface area contributed by atoms with Gasteiger partial charge in [0.15, 0.2) is 5.60 Å². The number of nitrogens with zero attached hydrogens (tertiary/aromatic N) is 1. The van der Waals surface area contributed by atoms with E-state index in [0.717, 1.165) is 42.7 Å². The number of benzene rings is 1. The number of hydrogen-bond donors (Lipinski definition) is 1. The summed E-state index contributed by atoms with van der Waals surface area (Å²) in [7, 11) is 0. The van der Waals surface area contributed by atoms with Gasteiger partial charge in [0.2, 0.25) is 5.89 Å². The third-order valence-corrected chi connectivity index (χ3v) is 6.40. The summed E-state index contributed by atoms with van der Waals surface area (Å²) in [4.78, 5) is 15.9. The van der Waals surface area contributed by atoms with E-state index < -0.39 is 11.6 Å². The third-order valence-electron chi connectivity index (χ3n) is 6.40. The number of rotatable bonds is 10. The van der Waals surface area contributed by atoms with Crippen LogP contribution in [0.4, 0.5) is 0 Å². The largest absolute Gasteiger partial charge is 0.479 e. The molecular formula is C26H37NO5. The molecule has 2 unspecified atom stereocenters. The molecule has 1 aliphatic rings. The topological polar surface area (TPSA) is 81.8 Å². The van der Waals surface area contributed by atoms with Gasteiger partial charge in [-0.2, -0.15) is 0 Å². The van der Waals surface area contributed by atoms with Gasteiger partial charge in [-0.3, -0.25) is 0 Å². The van der Waals surface area contributed by atoms with Crippen LogP contribution in [-0.2, 0) is 20.9 Å². The van der Waals surface area contributed by atoms with Crippen LogP contribution in [0.25, 0.3) is 11.5 Å². The van der Waals surface area contributed by atoms with Gasteiger partial charge in [0.05, 0.1) is 13.2 Å². The van der Waals surface area contributed by atoms with Crippen molar-refractivity contribution in [2.45, 2.75) is 78.4 Å². The maximum Gasteiger partial charge on any atom is 0.335 e. The average molecular weight is 444 g/mol. The van der Waals surface area contributed by atoms with E-state index in [0.29, 0.717) is 43.5 Å². The highest BCUT2D eigenvalue weighted by Crippen LogP contribution is 2.31. The predicted octanol–water partition coefficient (Wildman–Crippen LogP) is 5.98. The first-order valence-electron chi connectivity index (χ1n) is 11.7. The molecule has 0 amide bonds. The predicted molar refractivity (Wildman–Crippen MR) is 124 cm³/mol. The molecule has 0 radical (unpaired) electrons. The molecule has 3 rings (SSSR count). The van der Waals surface area contributed by atoms with Gasteiger partial charge in [-0.25, -0.2) is 9.78 Å². The molecule has 0 spiro atoms. The van der Waals surface area contributed by atoms with Gasteiger partial charge >= 0.3 is 5.97 Å². The van der Waals surface area contributed by atoms with Crippen LogP contribution >= 0.6 is 0 Å². The van der Waals surface area contributed by atoms with Crippen molar-refractivity contribution in [3.8, 4) is 11.5 Å². The van der Waals surface area contributed by atoms with Gasteiger partial charge in [0.1, 0.15) is 11.5 Å². The Hall–Kier alpha value is -2.18. The summed E-state index contributed by atoms with van der Waals surface area (Å²) in [6.45, 7) is 11.1. The van der Waals surface area contributed by atoms with Crippen LogP contribution in [0.5, 0.6) is 0 Å². The zero-order chi connectivity index (χ0) is 23.3. The molecule has 1 aromatic heterocycles. The summed E-state index contributed by atoms with van der Waals surface area (Å²) in [6, 6.07) is 8.36. The molecule has 1 N–H and O–H groups in total. The molecule has 0 bridgehead atoms. The first kappa shape index (κ1) is 24.5. The van der Waals surface area contributed by atoms with Crippen LogP contribution in [0.1, 0.15) is 76.3 Å². The van der Waals surface area contributed by atoms with Crippen LogP contribution in [0.15, 0.2) is 28.7 Å². The van der Waals surface area contributed by atoms with E-state index >= 15 is 0 Å². The molecular weight excluding hydrogens is 406 g/mol. The van der Waals surface area contributed by atoms with Crippen LogP contribution in [-0.4, -0.2) is 34.9 Å². The maximum absolute atomic E-state index is 11.2. The lowest BCUT2D eigenvalue weighted by Gasteiger charge is -2.31. The van der Waals surface area contributed by atoms with E-state index in [1.807, 2.05) is 6.92 Å². The molecule has 176 valence electrons. The van der Waals surface area contributed by atoms with E-state index in [-0.39, 0.29) is 0 Å². The summed E-state index contributed by atoms with van der Waals surface area (Å²) in [6.07, 6.45) is 4.33. The Morgan fingerprint density at radius 3 is 2.47 bits per heavy atom. The SMILES string of the molecule is Cc1oc(-c2ccc(C(C)C)cc2)nc1COCC1CCCC(COC(C)(C)C(=O)O)C1. The lowest BCUT2D eigenvalue weighted by Crippen LogP contribution is -2.37. The molecule has 1 aliphatic carbocycles. The maximum atomic E-state index is 11.2. The van der Waals surface area contributed by atoms with E-state index in [2.05, 4.69) is 43.1 Å². The van der Waals surface area contributed by atoms with Gasteiger partial charge in [-0.05, 0) is 75.5 Å². The highest BCUT2D eigenvalue weighted by Gasteiger charge is 2.30. The van der Waals surface area contributed by atoms with Crippen molar-refractivity contribution in [2.24, 2.45) is 11.8 Å². The number of carbonyl (C=O) groups is 1. The smallest absolute Gasteiger partial charge is 0.335 e. The molecule has 0 saturated heterocycles. The molecule has 6 nitrogen and oxygen atoms in total. The minimum Gasteiger partial charge on any atom is -0.479 e. The van der Waals surface area contributed by atoms with E-state index in [4.69, 9.17) is 13.9 Å². The van der Waals surface area contributed by atoms with Crippen molar-refractivity contribution in [3.63, 3.8) is 0 Å². The van der Waals surface area contributed by atoms with Crippen LogP contribution in [0.2, 0.25) is 0 Å². The van der Waals surface area contributed by atoms with Crippen molar-refractivity contribution in [1.82, 2.24) is 4.98 Å². The van der Waals surface area contributed by atoms with E-state index in [1.54, 1.807) is 13.8 Å². The Morgan fingerprint density at radius 2 is 1.84 bits per heavy atom. The lowest BCUT2D eigenvalue weighted by atomic mass is 9.82. The lowest BCUT2D eigenvalue weighted by molar-refractivity contribution is -0.163. The van der Waals surface area contributed by atoms with Crippen LogP contribution in [0.3, 0.4) is 0 Å². The quantitative estimate of drug-likeness (QED) is 0.487. The van der Waals surface area contributed by atoms with Crippen LogP contribution < -0.4 is 0 Å². The fourth-order valence-corrected chi connectivity index (χ4v) is 4.11. The van der Waals surface area contributed by atoms with E-state index in [1.165, 1.54) is 5.56 Å². The molecule has 1 aromatic carbocycles. The van der Waals surface area contributed by atoms with Crippen molar-refractivity contribution in [3.05, 3.63) is 41.3 Å². The number of aromatic nitrogens is 1. The molecule has 2 aromatic rings. The molecule has 0 aliphatic heterocycles. The summed E-state index contributed by atoms with van der Waals surface area (Å²) in [5.74, 6) is 1.83. The Labute approximate surface area is 191 Å². The number of ether oxygens (including phenoxy) is 2. The minimum atomic E-state index is -1.14. The highest BCUT2D eigenvalue weighted by molar-refractivity contribution is 5.76. The first-order chi connectivity index (χ1) is 15.2. The molecule has 32 heavy (non-hydrogen) atoms. The highest BCUT2D eigenvalue weighted by atomic mass is 16.5. The zero-order valence-electron chi connectivity index (χ0n) is 20.0. The zero-order valence-corrected chi connectivity index (χ0v) is 20.0. The van der Waals surface area contributed by atoms with Crippen molar-refractivity contribution >= 4 is 5.97 Å². The van der Waals surface area contributed by atoms with Crippen molar-refractivity contribution < 1.29 is 23.8 Å². The molecule has 1 fully saturated rings. The number of oxazole rings is 1. The second-order valence-electron chi connectivity index (χ2n) is 9.84. The summed E-state index contributed by atoms with van der Waals surface area (Å²) in [5, 5.41) is 9.22. The van der Waals surface area contributed by atoms with Gasteiger partial charge in [-0.1, -0.05) is 32.4 Å². The van der Waals surface area contributed by atoms with Gasteiger partial charge in [0.25, 0.3) is 0 Å². The van der Waals surface area contributed by atoms with Crippen LogP contribution in [0, 0.1) is 18.8 Å². The van der Waals surface area contributed by atoms with Gasteiger partial charge < -0.3 is 19.0 Å². The van der Waals surface area contributed by atoms with Gasteiger partial charge in [0, 0.05) is 12.2 Å². The van der Waals surface area contributed by atoms with Crippen molar-refractivity contribution in [1.29, 1.82) is 0 Å². The fourth-order valence-electron chi connectivity index (χ4n) is 4.11. The Kier molecular flexibility index (Phi) is 8.12. The monoisotopic (exact) mass is 443 g/mol. The Morgan fingerprint density at radius 1 is 1.19 bits per heavy atom. The third kappa shape index (κ3) is 6.42. The normalized spacial score (nSPS) is 19.4. The number of aryl methyl sites for hydroxylation is 1. The number of hydrogen-bond acceptors (Lipinski definition) is 5. The summed E-state index contributed by atoms with van der Waals surface area (Å²) in [5.41, 5.74) is 1.97. The average Bonchev–Trinajstić information content (AvgIpc) is 3.13. The number of carboxylic acids is 1. The second kappa shape index (κ2) is 10.6. The van der Waals surface area contributed by atoms with Gasteiger partial charge in [-0.15, -0.1) is 0 Å². The first-order valence-corrected chi connectivity index (χ1v) is 11.7. The molecule has 2 atom stereocenters. The summed E-state index contributed by atoms with van der Waals surface area (Å²) < 4.78 is 17.6. The Bertz CT molecular complexity index is 884. The molecule has 6 heteroatoms. The minimum absolute atomic E-state index is 0.380. The Balaban J connectivity index is 1.48. The second-order valence-corrected chi connectivity index (χ2v) is 9.84. The van der Waals surface area contributed by atoms with E-state index in [9.17, 15) is 9.90 Å². The number of carboxylic acid groups (broad SMARTS) is 1. The van der Waals surface area contributed by atoms with Crippen molar-refractivity contribution in [2.75, 3.05) is 13.2 Å².